The zero-order valence-corrected chi connectivity index (χ0v) is 10.7. The number of aliphatic hydroxyl groups excluding tert-OH is 2. The van der Waals surface area contributed by atoms with E-state index in [-0.39, 0.29) is 11.3 Å². The van der Waals surface area contributed by atoms with Gasteiger partial charge in [0.2, 0.25) is 6.29 Å². The van der Waals surface area contributed by atoms with Crippen molar-refractivity contribution >= 4 is 0 Å². The van der Waals surface area contributed by atoms with Crippen molar-refractivity contribution in [3.8, 4) is 0 Å². The Bertz CT molecular complexity index is 227. The molecule has 4 atom stereocenters. The summed E-state index contributed by atoms with van der Waals surface area (Å²) >= 11 is 0. The van der Waals surface area contributed by atoms with Crippen LogP contribution in [-0.4, -0.2) is 54.5 Å². The van der Waals surface area contributed by atoms with Crippen molar-refractivity contribution in [2.75, 3.05) is 20.7 Å². The molecule has 0 amide bonds. The van der Waals surface area contributed by atoms with Crippen LogP contribution in [0.25, 0.3) is 0 Å². The predicted molar refractivity (Wildman–Crippen MR) is 59.5 cm³/mol. The highest BCUT2D eigenvalue weighted by molar-refractivity contribution is 4.89. The number of hydrogen-bond acceptors (Lipinski definition) is 5. The molecule has 1 saturated heterocycles. The van der Waals surface area contributed by atoms with E-state index < -0.39 is 18.5 Å². The molecule has 1 rings (SSSR count). The van der Waals surface area contributed by atoms with Crippen LogP contribution in [0.1, 0.15) is 20.8 Å². The van der Waals surface area contributed by atoms with Gasteiger partial charge in [-0.25, -0.2) is 0 Å². The molecule has 5 nitrogen and oxygen atoms in total. The number of ether oxygens (including phenoxy) is 1. The van der Waals surface area contributed by atoms with Crippen LogP contribution in [0.15, 0.2) is 0 Å². The molecule has 0 aromatic rings. The summed E-state index contributed by atoms with van der Waals surface area (Å²) in [4.78, 5) is 5.24. The Balaban J connectivity index is 2.65. The first-order valence-electron chi connectivity index (χ1n) is 5.55. The van der Waals surface area contributed by atoms with E-state index in [4.69, 9.17) is 9.57 Å². The van der Waals surface area contributed by atoms with Gasteiger partial charge in [-0.05, 0) is 5.41 Å². The molecule has 0 aromatic carbocycles. The quantitative estimate of drug-likeness (QED) is 0.668. The lowest BCUT2D eigenvalue weighted by molar-refractivity contribution is -0.331. The third-order valence-electron chi connectivity index (χ3n) is 2.91. The fraction of sp³-hybridized carbons (Fsp3) is 1.00. The summed E-state index contributed by atoms with van der Waals surface area (Å²) in [6.07, 6.45) is -2.62. The summed E-state index contributed by atoms with van der Waals surface area (Å²) in [5.74, 6) is -0.0930. The third-order valence-corrected chi connectivity index (χ3v) is 2.91. The Morgan fingerprint density at radius 1 is 1.19 bits per heavy atom. The molecule has 1 heterocycles. The maximum absolute atomic E-state index is 10.0. The highest BCUT2D eigenvalue weighted by Crippen LogP contribution is 2.34. The van der Waals surface area contributed by atoms with Gasteiger partial charge in [0.05, 0.1) is 12.7 Å². The van der Waals surface area contributed by atoms with E-state index >= 15 is 0 Å². The van der Waals surface area contributed by atoms with Crippen LogP contribution in [0.3, 0.4) is 0 Å². The van der Waals surface area contributed by atoms with Crippen LogP contribution in [0, 0.1) is 11.3 Å². The smallest absolute Gasteiger partial charge is 0.206 e. The van der Waals surface area contributed by atoms with E-state index in [0.29, 0.717) is 6.61 Å². The Hall–Kier alpha value is -0.200. The molecule has 2 N–H and O–H groups in total. The maximum Gasteiger partial charge on any atom is 0.206 e. The van der Waals surface area contributed by atoms with Crippen molar-refractivity contribution in [2.45, 2.75) is 39.3 Å². The molecule has 0 spiro atoms. The molecule has 0 aromatic heterocycles. The van der Waals surface area contributed by atoms with Crippen LogP contribution in [0.5, 0.6) is 0 Å². The SMILES string of the molecule is CN(C)OC1OCC(C(C)(C)C)C(O)C1O. The fourth-order valence-electron chi connectivity index (χ4n) is 1.86. The summed E-state index contributed by atoms with van der Waals surface area (Å²) in [6.45, 7) is 6.44. The second kappa shape index (κ2) is 4.98. The van der Waals surface area contributed by atoms with E-state index in [2.05, 4.69) is 0 Å². The molecule has 4 unspecified atom stereocenters. The Labute approximate surface area is 96.9 Å². The molecule has 5 heteroatoms. The average molecular weight is 233 g/mol. The predicted octanol–water partition coefficient (Wildman–Crippen LogP) is 0.220. The molecule has 16 heavy (non-hydrogen) atoms. The Morgan fingerprint density at radius 3 is 2.19 bits per heavy atom. The normalized spacial score (nSPS) is 36.8. The fourth-order valence-corrected chi connectivity index (χ4v) is 1.86. The van der Waals surface area contributed by atoms with E-state index in [1.54, 1.807) is 14.1 Å². The number of aliphatic hydroxyl groups is 2. The third kappa shape index (κ3) is 3.15. The highest BCUT2D eigenvalue weighted by atomic mass is 16.8. The van der Waals surface area contributed by atoms with Crippen LogP contribution in [0.2, 0.25) is 0 Å². The second-order valence-corrected chi connectivity index (χ2v) is 5.57. The van der Waals surface area contributed by atoms with E-state index in [1.807, 2.05) is 20.8 Å². The van der Waals surface area contributed by atoms with Crippen LogP contribution in [0.4, 0.5) is 0 Å². The lowest BCUT2D eigenvalue weighted by Crippen LogP contribution is -2.55. The summed E-state index contributed by atoms with van der Waals surface area (Å²) in [5.41, 5.74) is -0.108. The molecular weight excluding hydrogens is 210 g/mol. The molecule has 0 bridgehead atoms. The number of hydrogen-bond donors (Lipinski definition) is 2. The van der Waals surface area contributed by atoms with Crippen molar-refractivity contribution in [3.05, 3.63) is 0 Å². The summed E-state index contributed by atoms with van der Waals surface area (Å²) in [5, 5.41) is 21.4. The first-order chi connectivity index (χ1) is 7.23. The van der Waals surface area contributed by atoms with Crippen LogP contribution < -0.4 is 0 Å². The van der Waals surface area contributed by atoms with Crippen molar-refractivity contribution in [2.24, 2.45) is 11.3 Å². The van der Waals surface area contributed by atoms with E-state index in [0.717, 1.165) is 0 Å². The maximum atomic E-state index is 10.0. The Morgan fingerprint density at radius 2 is 1.75 bits per heavy atom. The average Bonchev–Trinajstić information content (AvgIpc) is 2.10. The van der Waals surface area contributed by atoms with Crippen molar-refractivity contribution in [3.63, 3.8) is 0 Å². The minimum absolute atomic E-state index is 0.0930. The first kappa shape index (κ1) is 13.9. The molecule has 1 aliphatic heterocycles. The molecule has 96 valence electrons. The topological polar surface area (TPSA) is 62.2 Å². The molecule has 1 aliphatic rings. The van der Waals surface area contributed by atoms with Gasteiger partial charge in [0.15, 0.2) is 0 Å². The second-order valence-electron chi connectivity index (χ2n) is 5.57. The molecule has 0 saturated carbocycles. The lowest BCUT2D eigenvalue weighted by atomic mass is 9.75. The Kier molecular flexibility index (Phi) is 4.31. The van der Waals surface area contributed by atoms with Crippen LogP contribution >= 0.6 is 0 Å². The molecule has 1 fully saturated rings. The van der Waals surface area contributed by atoms with Gasteiger partial charge in [-0.1, -0.05) is 20.8 Å². The van der Waals surface area contributed by atoms with Crippen molar-refractivity contribution < 1.29 is 19.8 Å². The van der Waals surface area contributed by atoms with Gasteiger partial charge in [-0.3, -0.25) is 4.84 Å². The molecule has 0 radical (unpaired) electrons. The highest BCUT2D eigenvalue weighted by Gasteiger charge is 2.44. The van der Waals surface area contributed by atoms with Gasteiger partial charge < -0.3 is 14.9 Å². The zero-order valence-electron chi connectivity index (χ0n) is 10.7. The minimum atomic E-state index is -1.01. The molecule has 0 aliphatic carbocycles. The molecular formula is C11H23NO4. The van der Waals surface area contributed by atoms with Crippen LogP contribution in [-0.2, 0) is 9.57 Å². The van der Waals surface area contributed by atoms with E-state index in [9.17, 15) is 10.2 Å². The monoisotopic (exact) mass is 233 g/mol. The van der Waals surface area contributed by atoms with Gasteiger partial charge in [0.25, 0.3) is 0 Å². The minimum Gasteiger partial charge on any atom is -0.390 e. The zero-order chi connectivity index (χ0) is 12.5. The first-order valence-corrected chi connectivity index (χ1v) is 5.55. The van der Waals surface area contributed by atoms with Crippen molar-refractivity contribution in [1.29, 1.82) is 0 Å². The van der Waals surface area contributed by atoms with Gasteiger partial charge in [0, 0.05) is 20.0 Å². The van der Waals surface area contributed by atoms with E-state index in [1.165, 1.54) is 5.06 Å². The lowest BCUT2D eigenvalue weighted by Gasteiger charge is -2.43. The van der Waals surface area contributed by atoms with Gasteiger partial charge in [-0.15, -0.1) is 0 Å². The van der Waals surface area contributed by atoms with Crippen molar-refractivity contribution in [1.82, 2.24) is 5.06 Å². The van der Waals surface area contributed by atoms with Gasteiger partial charge in [0.1, 0.15) is 6.10 Å². The summed E-state index contributed by atoms with van der Waals surface area (Å²) in [7, 11) is 3.41. The standard InChI is InChI=1S/C11H23NO4/c1-11(2,3)7-6-15-10(16-12(4)5)9(14)8(7)13/h7-10,13-14H,6H2,1-5H3. The van der Waals surface area contributed by atoms with Gasteiger partial charge in [-0.2, -0.15) is 5.06 Å². The number of hydroxylamine groups is 2. The summed E-state index contributed by atoms with van der Waals surface area (Å²) < 4.78 is 5.44. The summed E-state index contributed by atoms with van der Waals surface area (Å²) in [6, 6.07) is 0. The largest absolute Gasteiger partial charge is 0.390 e. The number of nitrogens with zero attached hydrogens (tertiary/aromatic N) is 1. The number of rotatable bonds is 2. The van der Waals surface area contributed by atoms with Gasteiger partial charge >= 0.3 is 0 Å².